The predicted molar refractivity (Wildman–Crippen MR) is 108 cm³/mol. The number of benzene rings is 1. The van der Waals surface area contributed by atoms with Crippen molar-refractivity contribution >= 4 is 5.82 Å². The number of aromatic nitrogens is 7. The summed E-state index contributed by atoms with van der Waals surface area (Å²) >= 11 is 0. The first kappa shape index (κ1) is 18.9. The number of unbranched alkanes of at least 4 members (excludes halogenated alkanes) is 1. The summed E-state index contributed by atoms with van der Waals surface area (Å²) in [5.74, 6) is 3.40. The number of hydrogen-bond donors (Lipinski definition) is 3. The third-order valence-electron chi connectivity index (χ3n) is 4.51. The van der Waals surface area contributed by atoms with Crippen LogP contribution >= 0.6 is 0 Å². The highest BCUT2D eigenvalue weighted by Gasteiger charge is 2.14. The highest BCUT2D eigenvalue weighted by molar-refractivity contribution is 5.65. The maximum absolute atomic E-state index is 5.36. The fourth-order valence-electron chi connectivity index (χ4n) is 2.97. The number of imidazole rings is 1. The molecule has 0 saturated carbocycles. The van der Waals surface area contributed by atoms with E-state index < -0.39 is 0 Å². The molecular weight excluding hydrogens is 368 g/mol. The van der Waals surface area contributed by atoms with E-state index in [9.17, 15) is 0 Å². The van der Waals surface area contributed by atoms with Crippen LogP contribution in [0.25, 0.3) is 11.5 Å². The summed E-state index contributed by atoms with van der Waals surface area (Å²) in [6.45, 7) is 3.03. The maximum Gasteiger partial charge on any atom is 0.227 e. The van der Waals surface area contributed by atoms with Crippen molar-refractivity contribution in [1.29, 1.82) is 0 Å². The van der Waals surface area contributed by atoms with Gasteiger partial charge in [-0.15, -0.1) is 0 Å². The van der Waals surface area contributed by atoms with Gasteiger partial charge < -0.3 is 14.8 Å². The predicted octanol–water partition coefficient (Wildman–Crippen LogP) is 3.17. The fraction of sp³-hybridized carbons (Fsp3) is 0.350. The average Bonchev–Trinajstić information content (AvgIpc) is 3.48. The van der Waals surface area contributed by atoms with Crippen LogP contribution in [0.4, 0.5) is 5.82 Å². The average molecular weight is 392 g/mol. The Bertz CT molecular complexity index is 1020. The van der Waals surface area contributed by atoms with Crippen molar-refractivity contribution in [3.05, 3.63) is 59.8 Å². The van der Waals surface area contributed by atoms with Gasteiger partial charge in [-0.25, -0.2) is 9.97 Å². The Morgan fingerprint density at radius 2 is 1.97 bits per heavy atom. The molecule has 0 spiro atoms. The molecule has 0 aliphatic heterocycles. The Hall–Kier alpha value is -3.49. The highest BCUT2D eigenvalue weighted by Crippen LogP contribution is 2.21. The summed E-state index contributed by atoms with van der Waals surface area (Å²) in [5.41, 5.74) is 1.96. The summed E-state index contributed by atoms with van der Waals surface area (Å²) in [7, 11) is 0. The molecule has 0 aliphatic carbocycles. The molecule has 0 radical (unpaired) electrons. The molecular formula is C20H24N8O. The third kappa shape index (κ3) is 4.87. The molecule has 3 aromatic heterocycles. The number of aryl methyl sites for hydroxylation is 2. The van der Waals surface area contributed by atoms with E-state index in [1.54, 1.807) is 6.33 Å². The molecule has 4 rings (SSSR count). The molecule has 29 heavy (non-hydrogen) atoms. The highest BCUT2D eigenvalue weighted by atomic mass is 16.5. The zero-order chi connectivity index (χ0) is 19.9. The minimum absolute atomic E-state index is 0.587. The molecule has 3 heterocycles. The van der Waals surface area contributed by atoms with Crippen molar-refractivity contribution < 1.29 is 4.52 Å². The summed E-state index contributed by atoms with van der Waals surface area (Å²) < 4.78 is 5.36. The van der Waals surface area contributed by atoms with Crippen molar-refractivity contribution in [3.63, 3.8) is 0 Å². The van der Waals surface area contributed by atoms with Crippen LogP contribution in [0.3, 0.4) is 0 Å². The lowest BCUT2D eigenvalue weighted by Crippen LogP contribution is -2.02. The molecule has 0 fully saturated rings. The van der Waals surface area contributed by atoms with Crippen LogP contribution < -0.4 is 5.32 Å². The number of aromatic amines is 2. The van der Waals surface area contributed by atoms with Gasteiger partial charge in [-0.1, -0.05) is 48.8 Å². The van der Waals surface area contributed by atoms with E-state index in [0.29, 0.717) is 42.6 Å². The van der Waals surface area contributed by atoms with Gasteiger partial charge in [0.25, 0.3) is 0 Å². The molecule has 4 aromatic rings. The standard InChI is InChI=1S/C20H24N8O/c1-2-3-11-21-19-18(22-13-23-19)20-25-15(26-27-20)9-10-17-24-16(28-29-17)12-14-7-5-4-6-8-14/h4-8,13,21H,2-3,9-12H2,1H3,(H,22,23)(H,25,26,27). The van der Waals surface area contributed by atoms with Gasteiger partial charge in [-0.3, -0.25) is 5.10 Å². The van der Waals surface area contributed by atoms with Crippen molar-refractivity contribution in [2.24, 2.45) is 0 Å². The van der Waals surface area contributed by atoms with E-state index in [-0.39, 0.29) is 0 Å². The zero-order valence-electron chi connectivity index (χ0n) is 16.4. The summed E-state index contributed by atoms with van der Waals surface area (Å²) in [6.07, 6.45) is 5.72. The first-order chi connectivity index (χ1) is 14.3. The van der Waals surface area contributed by atoms with Crippen LogP contribution in [0.1, 0.15) is 42.9 Å². The van der Waals surface area contributed by atoms with Gasteiger partial charge in [0.2, 0.25) is 5.89 Å². The molecule has 0 aliphatic rings. The Morgan fingerprint density at radius 1 is 1.07 bits per heavy atom. The van der Waals surface area contributed by atoms with Gasteiger partial charge in [-0.2, -0.15) is 10.1 Å². The summed E-state index contributed by atoms with van der Waals surface area (Å²) in [5, 5.41) is 14.7. The largest absolute Gasteiger partial charge is 0.368 e. The Morgan fingerprint density at radius 3 is 2.83 bits per heavy atom. The normalized spacial score (nSPS) is 11.1. The second-order valence-corrected chi connectivity index (χ2v) is 6.77. The number of hydrogen-bond acceptors (Lipinski definition) is 7. The minimum atomic E-state index is 0.587. The second kappa shape index (κ2) is 9.13. The van der Waals surface area contributed by atoms with E-state index in [4.69, 9.17) is 4.52 Å². The molecule has 0 saturated heterocycles. The molecule has 9 nitrogen and oxygen atoms in total. The van der Waals surface area contributed by atoms with Crippen LogP contribution in [0.5, 0.6) is 0 Å². The lowest BCUT2D eigenvalue weighted by Gasteiger charge is -2.03. The van der Waals surface area contributed by atoms with Crippen LogP contribution in [-0.2, 0) is 19.3 Å². The first-order valence-electron chi connectivity index (χ1n) is 9.86. The molecule has 0 bridgehead atoms. The fourth-order valence-corrected chi connectivity index (χ4v) is 2.97. The quantitative estimate of drug-likeness (QED) is 0.354. The Kier molecular flexibility index (Phi) is 5.94. The van der Waals surface area contributed by atoms with Gasteiger partial charge in [0.1, 0.15) is 5.69 Å². The topological polar surface area (TPSA) is 121 Å². The molecule has 0 atom stereocenters. The molecule has 3 N–H and O–H groups in total. The van der Waals surface area contributed by atoms with Gasteiger partial charge in [0.15, 0.2) is 23.3 Å². The van der Waals surface area contributed by atoms with Crippen LogP contribution in [0, 0.1) is 0 Å². The number of rotatable bonds is 10. The SMILES string of the molecule is CCCCNc1nc[nH]c1-c1nc(CCc2nc(Cc3ccccc3)no2)n[nH]1. The van der Waals surface area contributed by atoms with E-state index in [1.807, 2.05) is 30.3 Å². The number of H-pyrrole nitrogens is 2. The van der Waals surface area contributed by atoms with Crippen LogP contribution in [0.15, 0.2) is 41.2 Å². The van der Waals surface area contributed by atoms with Crippen LogP contribution in [-0.4, -0.2) is 41.8 Å². The van der Waals surface area contributed by atoms with Gasteiger partial charge in [-0.05, 0) is 12.0 Å². The maximum atomic E-state index is 5.36. The van der Waals surface area contributed by atoms with E-state index in [1.165, 1.54) is 0 Å². The van der Waals surface area contributed by atoms with E-state index in [2.05, 4.69) is 47.5 Å². The number of nitrogens with zero attached hydrogens (tertiary/aromatic N) is 5. The monoisotopic (exact) mass is 392 g/mol. The third-order valence-corrected chi connectivity index (χ3v) is 4.51. The summed E-state index contributed by atoms with van der Waals surface area (Å²) in [6, 6.07) is 10.1. The van der Waals surface area contributed by atoms with E-state index in [0.717, 1.165) is 36.5 Å². The first-order valence-corrected chi connectivity index (χ1v) is 9.86. The lowest BCUT2D eigenvalue weighted by molar-refractivity contribution is 0.373. The number of nitrogens with one attached hydrogen (secondary N) is 3. The Labute approximate surface area is 168 Å². The van der Waals surface area contributed by atoms with Crippen molar-refractivity contribution in [2.45, 2.75) is 39.0 Å². The lowest BCUT2D eigenvalue weighted by atomic mass is 10.1. The molecule has 1 aromatic carbocycles. The summed E-state index contributed by atoms with van der Waals surface area (Å²) in [4.78, 5) is 16.5. The minimum Gasteiger partial charge on any atom is -0.368 e. The van der Waals surface area contributed by atoms with Gasteiger partial charge >= 0.3 is 0 Å². The van der Waals surface area contributed by atoms with Crippen LogP contribution in [0.2, 0.25) is 0 Å². The second-order valence-electron chi connectivity index (χ2n) is 6.77. The number of anilines is 1. The van der Waals surface area contributed by atoms with Crippen molar-refractivity contribution in [3.8, 4) is 11.5 Å². The van der Waals surface area contributed by atoms with Crippen molar-refractivity contribution in [2.75, 3.05) is 11.9 Å². The van der Waals surface area contributed by atoms with Crippen molar-refractivity contribution in [1.82, 2.24) is 35.3 Å². The van der Waals surface area contributed by atoms with Gasteiger partial charge in [0.05, 0.1) is 6.33 Å². The van der Waals surface area contributed by atoms with E-state index >= 15 is 0 Å². The molecule has 0 unspecified atom stereocenters. The molecule has 9 heteroatoms. The smallest absolute Gasteiger partial charge is 0.227 e. The zero-order valence-corrected chi connectivity index (χ0v) is 16.4. The molecule has 0 amide bonds. The van der Waals surface area contributed by atoms with Gasteiger partial charge in [0, 0.05) is 25.8 Å². The molecule has 150 valence electrons. The Balaban J connectivity index is 1.34.